The monoisotopic (exact) mass is 486 g/mol. The molecule has 8 nitrogen and oxygen atoms in total. The summed E-state index contributed by atoms with van der Waals surface area (Å²) in [6.45, 7) is 2.39. The Kier molecular flexibility index (Phi) is 7.53. The van der Waals surface area contributed by atoms with Crippen LogP contribution >= 0.6 is 0 Å². The lowest BCUT2D eigenvalue weighted by molar-refractivity contribution is -0.118. The smallest absolute Gasteiger partial charge is 0.330 e. The number of aromatic amines is 1. The van der Waals surface area contributed by atoms with Crippen molar-refractivity contribution in [2.75, 3.05) is 17.7 Å². The lowest BCUT2D eigenvalue weighted by Gasteiger charge is -2.25. The van der Waals surface area contributed by atoms with E-state index in [1.807, 2.05) is 67.6 Å². The fraction of sp³-hybridized carbons (Fsp3) is 0.250. The predicted molar refractivity (Wildman–Crippen MR) is 142 cm³/mol. The second kappa shape index (κ2) is 10.9. The van der Waals surface area contributed by atoms with Crippen molar-refractivity contribution in [1.82, 2.24) is 9.55 Å². The van der Waals surface area contributed by atoms with Gasteiger partial charge in [0.15, 0.2) is 5.69 Å². The number of aromatic nitrogens is 2. The zero-order valence-electron chi connectivity index (χ0n) is 20.5. The van der Waals surface area contributed by atoms with Crippen LogP contribution < -0.4 is 26.6 Å². The Bertz CT molecular complexity index is 1510. The average Bonchev–Trinajstić information content (AvgIpc) is 2.88. The number of carbonyl (C=O) groups is 1. The van der Waals surface area contributed by atoms with Crippen LogP contribution in [0.25, 0.3) is 10.8 Å². The molecule has 0 atom stereocenters. The molecule has 0 aliphatic carbocycles. The number of rotatable bonds is 9. The highest BCUT2D eigenvalue weighted by atomic mass is 16.5. The van der Waals surface area contributed by atoms with Crippen molar-refractivity contribution in [3.63, 3.8) is 0 Å². The van der Waals surface area contributed by atoms with Crippen LogP contribution in [0.1, 0.15) is 30.9 Å². The number of hydrogen-bond donors (Lipinski definition) is 2. The number of nitrogens with one attached hydrogen (secondary N) is 1. The summed E-state index contributed by atoms with van der Waals surface area (Å²) in [4.78, 5) is 43.0. The fourth-order valence-corrected chi connectivity index (χ4v) is 4.29. The largest absolute Gasteiger partial charge is 0.496 e. The summed E-state index contributed by atoms with van der Waals surface area (Å²) >= 11 is 0. The zero-order chi connectivity index (χ0) is 25.7. The van der Waals surface area contributed by atoms with E-state index < -0.39 is 11.2 Å². The molecule has 0 aliphatic rings. The van der Waals surface area contributed by atoms with Crippen molar-refractivity contribution in [1.29, 1.82) is 0 Å². The number of anilines is 2. The lowest BCUT2D eigenvalue weighted by Crippen LogP contribution is -2.41. The minimum absolute atomic E-state index is 0.0287. The van der Waals surface area contributed by atoms with Crippen molar-refractivity contribution < 1.29 is 9.53 Å². The first kappa shape index (κ1) is 24.8. The number of amides is 1. The molecule has 0 radical (unpaired) electrons. The number of nitrogens with zero attached hydrogens (tertiary/aromatic N) is 2. The molecule has 0 fully saturated rings. The number of nitrogen functional groups attached to an aromatic ring is 1. The Labute approximate surface area is 208 Å². The molecule has 4 rings (SSSR count). The third-order valence-electron chi connectivity index (χ3n) is 6.21. The number of fused-ring (bicyclic) bond motifs is 1. The first-order valence-corrected chi connectivity index (χ1v) is 12.0. The van der Waals surface area contributed by atoms with Crippen LogP contribution in [-0.4, -0.2) is 22.6 Å². The van der Waals surface area contributed by atoms with E-state index in [0.717, 1.165) is 22.8 Å². The number of unbranched alkanes of at least 4 members (excludes halogenated alkanes) is 1. The molecule has 0 saturated carbocycles. The van der Waals surface area contributed by atoms with Gasteiger partial charge in [-0.1, -0.05) is 74.0 Å². The van der Waals surface area contributed by atoms with Crippen molar-refractivity contribution >= 4 is 28.2 Å². The third-order valence-corrected chi connectivity index (χ3v) is 6.21. The average molecular weight is 487 g/mol. The van der Waals surface area contributed by atoms with E-state index in [1.54, 1.807) is 13.2 Å². The summed E-state index contributed by atoms with van der Waals surface area (Å²) in [5, 5.41) is 2.09. The number of carbonyl (C=O) groups excluding carboxylic acids is 1. The van der Waals surface area contributed by atoms with Crippen LogP contribution in [0.3, 0.4) is 0 Å². The highest BCUT2D eigenvalue weighted by Crippen LogP contribution is 2.26. The summed E-state index contributed by atoms with van der Waals surface area (Å²) in [5.41, 5.74) is 6.55. The van der Waals surface area contributed by atoms with Crippen LogP contribution in [-0.2, 0) is 24.3 Å². The van der Waals surface area contributed by atoms with Crippen molar-refractivity contribution in [3.8, 4) is 5.75 Å². The van der Waals surface area contributed by atoms with Gasteiger partial charge in [-0.15, -0.1) is 0 Å². The highest BCUT2D eigenvalue weighted by molar-refractivity contribution is 5.97. The van der Waals surface area contributed by atoms with Crippen molar-refractivity contribution in [3.05, 3.63) is 98.7 Å². The number of nitrogens with two attached hydrogens (primary N) is 1. The molecular formula is C28H30N4O4. The van der Waals surface area contributed by atoms with Gasteiger partial charge < -0.3 is 10.5 Å². The number of benzene rings is 3. The second-order valence-electron chi connectivity index (χ2n) is 8.65. The van der Waals surface area contributed by atoms with Gasteiger partial charge in [0.05, 0.1) is 20.1 Å². The van der Waals surface area contributed by atoms with Gasteiger partial charge in [0.2, 0.25) is 5.91 Å². The fourth-order valence-electron chi connectivity index (χ4n) is 4.29. The molecule has 0 spiro atoms. The Morgan fingerprint density at radius 3 is 2.50 bits per heavy atom. The van der Waals surface area contributed by atoms with E-state index in [-0.39, 0.29) is 30.4 Å². The zero-order valence-corrected chi connectivity index (χ0v) is 20.5. The molecule has 3 N–H and O–H groups in total. The van der Waals surface area contributed by atoms with E-state index in [2.05, 4.69) is 4.98 Å². The Balaban J connectivity index is 1.79. The van der Waals surface area contributed by atoms with Crippen LogP contribution in [0.2, 0.25) is 0 Å². The molecule has 1 aromatic heterocycles. The van der Waals surface area contributed by atoms with E-state index in [9.17, 15) is 14.4 Å². The predicted octanol–water partition coefficient (Wildman–Crippen LogP) is 3.86. The van der Waals surface area contributed by atoms with Gasteiger partial charge in [0.1, 0.15) is 11.6 Å². The topological polar surface area (TPSA) is 110 Å². The maximum Gasteiger partial charge on any atom is 0.330 e. The summed E-state index contributed by atoms with van der Waals surface area (Å²) in [5.74, 6) is 0.225. The molecular weight excluding hydrogens is 456 g/mol. The molecule has 186 valence electrons. The normalized spacial score (nSPS) is 10.9. The molecule has 0 unspecified atom stereocenters. The molecule has 1 heterocycles. The van der Waals surface area contributed by atoms with E-state index >= 15 is 0 Å². The number of methoxy groups -OCH3 is 1. The molecule has 8 heteroatoms. The minimum Gasteiger partial charge on any atom is -0.496 e. The lowest BCUT2D eigenvalue weighted by atomic mass is 10.0. The number of ether oxygens (including phenoxy) is 1. The van der Waals surface area contributed by atoms with Gasteiger partial charge in [-0.05, 0) is 28.8 Å². The number of hydrogen-bond acceptors (Lipinski definition) is 5. The molecule has 0 aliphatic heterocycles. The molecule has 0 saturated heterocycles. The molecule has 3 aromatic carbocycles. The van der Waals surface area contributed by atoms with Gasteiger partial charge >= 0.3 is 5.69 Å². The van der Waals surface area contributed by atoms with E-state index in [0.29, 0.717) is 24.3 Å². The van der Waals surface area contributed by atoms with Gasteiger partial charge in [-0.25, -0.2) is 4.79 Å². The van der Waals surface area contributed by atoms with Gasteiger partial charge in [-0.2, -0.15) is 0 Å². The summed E-state index contributed by atoms with van der Waals surface area (Å²) in [6, 6.07) is 21.0. The van der Waals surface area contributed by atoms with Crippen molar-refractivity contribution in [2.45, 2.75) is 39.3 Å². The molecule has 36 heavy (non-hydrogen) atoms. The number of para-hydroxylation sites is 1. The SMILES string of the molecule is CCCCn1c(N)c(N(Cc2ccccc2OC)C(=O)Cc2ccc3ccccc3c2)c(=O)[nH]c1=O. The standard InChI is InChI=1S/C28H30N4O4/c1-3-4-15-31-26(29)25(27(34)30-28(31)35)32(18-22-11-7-8-12-23(22)36-2)24(33)17-19-13-14-20-9-5-6-10-21(20)16-19/h5-14,16H,3-4,15,17-18,29H2,1-2H3,(H,30,34,35). The molecule has 4 aromatic rings. The maximum atomic E-state index is 13.8. The van der Waals surface area contributed by atoms with Crippen LogP contribution in [0, 0.1) is 0 Å². The highest BCUT2D eigenvalue weighted by Gasteiger charge is 2.25. The van der Waals surface area contributed by atoms with Gasteiger partial charge in [0, 0.05) is 12.1 Å². The van der Waals surface area contributed by atoms with E-state index in [1.165, 1.54) is 9.47 Å². The van der Waals surface area contributed by atoms with E-state index in [4.69, 9.17) is 10.5 Å². The Morgan fingerprint density at radius 2 is 1.75 bits per heavy atom. The van der Waals surface area contributed by atoms with Crippen LogP contribution in [0.15, 0.2) is 76.3 Å². The van der Waals surface area contributed by atoms with Gasteiger partial charge in [-0.3, -0.25) is 24.0 Å². The maximum absolute atomic E-state index is 13.8. The van der Waals surface area contributed by atoms with Crippen LogP contribution in [0.5, 0.6) is 5.75 Å². The number of H-pyrrole nitrogens is 1. The Morgan fingerprint density at radius 1 is 1.03 bits per heavy atom. The van der Waals surface area contributed by atoms with Crippen LogP contribution in [0.4, 0.5) is 11.5 Å². The molecule has 0 bridgehead atoms. The van der Waals surface area contributed by atoms with Gasteiger partial charge in [0.25, 0.3) is 5.56 Å². The summed E-state index contributed by atoms with van der Waals surface area (Å²) in [7, 11) is 1.55. The summed E-state index contributed by atoms with van der Waals surface area (Å²) in [6.07, 6.45) is 1.59. The third kappa shape index (κ3) is 5.17. The Hall–Kier alpha value is -4.33. The molecule has 1 amide bonds. The van der Waals surface area contributed by atoms with Crippen molar-refractivity contribution in [2.24, 2.45) is 0 Å². The first-order chi connectivity index (χ1) is 17.4. The quantitative estimate of drug-likeness (QED) is 0.373. The first-order valence-electron chi connectivity index (χ1n) is 12.0. The second-order valence-corrected chi connectivity index (χ2v) is 8.65. The minimum atomic E-state index is -0.702. The summed E-state index contributed by atoms with van der Waals surface area (Å²) < 4.78 is 6.79.